The first-order valence-corrected chi connectivity index (χ1v) is 6.98. The molecule has 1 atom stereocenters. The minimum Gasteiger partial charge on any atom is -0.508 e. The van der Waals surface area contributed by atoms with Crippen molar-refractivity contribution in [1.29, 1.82) is 0 Å². The van der Waals surface area contributed by atoms with Crippen LogP contribution in [0.3, 0.4) is 0 Å². The second-order valence-electron chi connectivity index (χ2n) is 5.38. The number of phenols is 1. The average molecular weight is 291 g/mol. The fraction of sp³-hybridized carbons (Fsp3) is 0.467. The molecule has 2 rings (SSSR count). The molecule has 0 saturated carbocycles. The van der Waals surface area contributed by atoms with Crippen molar-refractivity contribution in [2.45, 2.75) is 12.5 Å². The predicted molar refractivity (Wildman–Crippen MR) is 78.9 cm³/mol. The van der Waals surface area contributed by atoms with Crippen molar-refractivity contribution < 1.29 is 14.7 Å². The van der Waals surface area contributed by atoms with Crippen LogP contribution in [0, 0.1) is 0 Å². The third kappa shape index (κ3) is 3.72. The Morgan fingerprint density at radius 2 is 2.00 bits per heavy atom. The minimum atomic E-state index is -0.446. The van der Waals surface area contributed by atoms with Crippen LogP contribution in [0.2, 0.25) is 0 Å². The number of piperazine rings is 1. The van der Waals surface area contributed by atoms with Gasteiger partial charge in [0.25, 0.3) is 0 Å². The molecule has 1 aliphatic heterocycles. The number of carbonyl (C=O) groups is 2. The normalized spacial score (nSPS) is 18.4. The number of aromatic hydroxyl groups is 1. The maximum atomic E-state index is 12.5. The molecule has 0 bridgehead atoms. The van der Waals surface area contributed by atoms with E-state index in [0.717, 1.165) is 5.56 Å². The monoisotopic (exact) mass is 291 g/mol. The van der Waals surface area contributed by atoms with Crippen molar-refractivity contribution in [3.05, 3.63) is 29.8 Å². The van der Waals surface area contributed by atoms with Crippen LogP contribution in [0.5, 0.6) is 5.75 Å². The van der Waals surface area contributed by atoms with Crippen LogP contribution in [0.1, 0.15) is 5.56 Å². The van der Waals surface area contributed by atoms with Gasteiger partial charge in [-0.1, -0.05) is 12.1 Å². The number of phenolic OH excluding ortho intramolecular Hbond substituents is 1. The molecule has 1 unspecified atom stereocenters. The Bertz CT molecular complexity index is 513. The van der Waals surface area contributed by atoms with Crippen LogP contribution in [-0.2, 0) is 16.0 Å². The number of carbonyl (C=O) groups excluding carboxylic acids is 2. The van der Waals surface area contributed by atoms with Gasteiger partial charge in [-0.2, -0.15) is 0 Å². The number of amides is 2. The highest BCUT2D eigenvalue weighted by molar-refractivity contribution is 5.88. The first-order chi connectivity index (χ1) is 9.99. The van der Waals surface area contributed by atoms with Gasteiger partial charge in [-0.15, -0.1) is 0 Å². The third-order valence-electron chi connectivity index (χ3n) is 3.58. The molecule has 1 aromatic rings. The number of likely N-dealkylation sites (N-methyl/N-ethyl adjacent to an activating group) is 1. The highest BCUT2D eigenvalue weighted by Crippen LogP contribution is 2.13. The molecule has 1 aliphatic rings. The molecule has 6 heteroatoms. The summed E-state index contributed by atoms with van der Waals surface area (Å²) in [6.45, 7) is 1.71. The number of hydrogen-bond donors (Lipinski definition) is 2. The van der Waals surface area contributed by atoms with E-state index in [2.05, 4.69) is 5.32 Å². The third-order valence-corrected chi connectivity index (χ3v) is 3.58. The minimum absolute atomic E-state index is 0.0672. The molecule has 0 radical (unpaired) electrons. The van der Waals surface area contributed by atoms with Gasteiger partial charge in [0.15, 0.2) is 0 Å². The van der Waals surface area contributed by atoms with E-state index >= 15 is 0 Å². The van der Waals surface area contributed by atoms with E-state index in [9.17, 15) is 14.7 Å². The van der Waals surface area contributed by atoms with Crippen LogP contribution in [-0.4, -0.2) is 66.5 Å². The molecule has 1 aromatic carbocycles. The summed E-state index contributed by atoms with van der Waals surface area (Å²) in [5, 5.41) is 12.4. The quantitative estimate of drug-likeness (QED) is 0.810. The molecule has 2 N–H and O–H groups in total. The predicted octanol–water partition coefficient (Wildman–Crippen LogP) is -0.177. The van der Waals surface area contributed by atoms with Gasteiger partial charge in [0.2, 0.25) is 11.8 Å². The molecule has 6 nitrogen and oxygen atoms in total. The molecule has 2 amide bonds. The topological polar surface area (TPSA) is 72.9 Å². The molecular weight excluding hydrogens is 270 g/mol. The summed E-state index contributed by atoms with van der Waals surface area (Å²) in [5.74, 6) is 0.0395. The van der Waals surface area contributed by atoms with Crippen LogP contribution in [0.15, 0.2) is 24.3 Å². The average Bonchev–Trinajstić information content (AvgIpc) is 2.48. The maximum absolute atomic E-state index is 12.5. The first-order valence-electron chi connectivity index (χ1n) is 6.98. The molecule has 1 saturated heterocycles. The van der Waals surface area contributed by atoms with Crippen molar-refractivity contribution in [3.8, 4) is 5.75 Å². The smallest absolute Gasteiger partial charge is 0.246 e. The van der Waals surface area contributed by atoms with Crippen molar-refractivity contribution >= 4 is 11.8 Å². The Labute approximate surface area is 124 Å². The summed E-state index contributed by atoms with van der Waals surface area (Å²) in [5.41, 5.74) is 0.826. The van der Waals surface area contributed by atoms with Gasteiger partial charge >= 0.3 is 0 Å². The molecule has 0 aliphatic carbocycles. The zero-order valence-electron chi connectivity index (χ0n) is 12.4. The molecule has 1 heterocycles. The van der Waals surface area contributed by atoms with Crippen LogP contribution < -0.4 is 5.32 Å². The molecule has 0 aromatic heterocycles. The van der Waals surface area contributed by atoms with E-state index in [1.807, 2.05) is 0 Å². The van der Waals surface area contributed by atoms with Gasteiger partial charge in [0.1, 0.15) is 11.8 Å². The lowest BCUT2D eigenvalue weighted by molar-refractivity contribution is -0.145. The van der Waals surface area contributed by atoms with Gasteiger partial charge in [0.05, 0.1) is 6.42 Å². The zero-order chi connectivity index (χ0) is 15.4. The second kappa shape index (κ2) is 6.58. The van der Waals surface area contributed by atoms with Crippen molar-refractivity contribution in [1.82, 2.24) is 15.1 Å². The Morgan fingerprint density at radius 3 is 2.62 bits per heavy atom. The number of nitrogens with one attached hydrogen (secondary N) is 1. The highest BCUT2D eigenvalue weighted by atomic mass is 16.3. The Morgan fingerprint density at radius 1 is 1.33 bits per heavy atom. The van der Waals surface area contributed by atoms with Gasteiger partial charge < -0.3 is 20.2 Å². The SMILES string of the molecule is CN(C)C(=O)C1CNCCN1C(=O)Cc1ccc(O)cc1. The fourth-order valence-electron chi connectivity index (χ4n) is 2.41. The Hall–Kier alpha value is -2.08. The summed E-state index contributed by atoms with van der Waals surface area (Å²) >= 11 is 0. The lowest BCUT2D eigenvalue weighted by atomic mass is 10.1. The summed E-state index contributed by atoms with van der Waals surface area (Å²) in [7, 11) is 3.39. The van der Waals surface area contributed by atoms with Crippen molar-refractivity contribution in [3.63, 3.8) is 0 Å². The van der Waals surface area contributed by atoms with Crippen LogP contribution in [0.25, 0.3) is 0 Å². The summed E-state index contributed by atoms with van der Waals surface area (Å²) in [4.78, 5) is 27.8. The highest BCUT2D eigenvalue weighted by Gasteiger charge is 2.32. The standard InChI is InChI=1S/C15H21N3O3/c1-17(2)15(21)13-10-16-7-8-18(13)14(20)9-11-3-5-12(19)6-4-11/h3-6,13,16,19H,7-10H2,1-2H3. The second-order valence-corrected chi connectivity index (χ2v) is 5.38. The molecule has 0 spiro atoms. The summed E-state index contributed by atoms with van der Waals surface area (Å²) < 4.78 is 0. The van der Waals surface area contributed by atoms with Gasteiger partial charge in [0, 0.05) is 33.7 Å². The van der Waals surface area contributed by atoms with Crippen LogP contribution >= 0.6 is 0 Å². The number of nitrogens with zero attached hydrogens (tertiary/aromatic N) is 2. The van der Waals surface area contributed by atoms with E-state index in [1.54, 1.807) is 43.3 Å². The van der Waals surface area contributed by atoms with Crippen LogP contribution in [0.4, 0.5) is 0 Å². The Balaban J connectivity index is 2.08. The molecule has 1 fully saturated rings. The van der Waals surface area contributed by atoms with Gasteiger partial charge in [-0.3, -0.25) is 9.59 Å². The lowest BCUT2D eigenvalue weighted by Gasteiger charge is -2.36. The first kappa shape index (κ1) is 15.3. The molecule has 114 valence electrons. The largest absolute Gasteiger partial charge is 0.508 e. The molecular formula is C15H21N3O3. The van der Waals surface area contributed by atoms with E-state index in [1.165, 1.54) is 4.90 Å². The number of rotatable bonds is 3. The maximum Gasteiger partial charge on any atom is 0.246 e. The van der Waals surface area contributed by atoms with E-state index < -0.39 is 6.04 Å². The number of benzene rings is 1. The van der Waals surface area contributed by atoms with Gasteiger partial charge in [-0.25, -0.2) is 0 Å². The molecule has 21 heavy (non-hydrogen) atoms. The summed E-state index contributed by atoms with van der Waals surface area (Å²) in [6.07, 6.45) is 0.234. The van der Waals surface area contributed by atoms with Crippen molar-refractivity contribution in [2.75, 3.05) is 33.7 Å². The lowest BCUT2D eigenvalue weighted by Crippen LogP contribution is -2.59. The van der Waals surface area contributed by atoms with Gasteiger partial charge in [-0.05, 0) is 17.7 Å². The number of hydrogen-bond acceptors (Lipinski definition) is 4. The fourth-order valence-corrected chi connectivity index (χ4v) is 2.41. The van der Waals surface area contributed by atoms with E-state index in [-0.39, 0.29) is 24.0 Å². The zero-order valence-corrected chi connectivity index (χ0v) is 12.4. The Kier molecular flexibility index (Phi) is 4.80. The van der Waals surface area contributed by atoms with E-state index in [0.29, 0.717) is 19.6 Å². The van der Waals surface area contributed by atoms with E-state index in [4.69, 9.17) is 0 Å². The summed E-state index contributed by atoms with van der Waals surface area (Å²) in [6, 6.07) is 6.11. The van der Waals surface area contributed by atoms with Crippen molar-refractivity contribution in [2.24, 2.45) is 0 Å².